The second-order valence-electron chi connectivity index (χ2n) is 5.07. The first kappa shape index (κ1) is 11.4. The van der Waals surface area contributed by atoms with E-state index in [1.165, 1.54) is 0 Å². The van der Waals surface area contributed by atoms with Crippen molar-refractivity contribution in [3.8, 4) is 11.3 Å². The van der Waals surface area contributed by atoms with Gasteiger partial charge in [-0.3, -0.25) is 5.10 Å². The second-order valence-corrected chi connectivity index (χ2v) is 5.07. The first-order chi connectivity index (χ1) is 8.75. The summed E-state index contributed by atoms with van der Waals surface area (Å²) in [6, 6.07) is 10.1. The molecule has 0 saturated heterocycles. The quantitative estimate of drug-likeness (QED) is 0.763. The van der Waals surface area contributed by atoms with Crippen LogP contribution in [0.5, 0.6) is 0 Å². The Kier molecular flexibility index (Phi) is 2.69. The number of nitrogens with one attached hydrogen (secondary N) is 1. The molecule has 18 heavy (non-hydrogen) atoms. The SMILES string of the molecule is NCC1(c2cn[nH]c2-c2ccccc2)CC(O)C1. The van der Waals surface area contributed by atoms with Crippen molar-refractivity contribution in [1.82, 2.24) is 10.2 Å². The number of nitrogens with two attached hydrogens (primary N) is 1. The van der Waals surface area contributed by atoms with Crippen LogP contribution in [-0.4, -0.2) is 28.0 Å². The van der Waals surface area contributed by atoms with Gasteiger partial charge in [-0.1, -0.05) is 30.3 Å². The number of hydrogen-bond acceptors (Lipinski definition) is 3. The van der Waals surface area contributed by atoms with E-state index in [4.69, 9.17) is 5.73 Å². The number of benzene rings is 1. The predicted molar refractivity (Wildman–Crippen MR) is 70.0 cm³/mol. The summed E-state index contributed by atoms with van der Waals surface area (Å²) in [5.41, 5.74) is 9.06. The van der Waals surface area contributed by atoms with E-state index in [0.717, 1.165) is 29.7 Å². The van der Waals surface area contributed by atoms with Crippen LogP contribution in [0.2, 0.25) is 0 Å². The molecule has 1 aliphatic rings. The maximum Gasteiger partial charge on any atom is 0.0688 e. The van der Waals surface area contributed by atoms with Gasteiger partial charge in [0.2, 0.25) is 0 Å². The van der Waals surface area contributed by atoms with Crippen LogP contribution in [0.15, 0.2) is 36.5 Å². The number of aromatic nitrogens is 2. The number of rotatable bonds is 3. The maximum absolute atomic E-state index is 9.59. The van der Waals surface area contributed by atoms with Crippen molar-refractivity contribution in [1.29, 1.82) is 0 Å². The highest BCUT2D eigenvalue weighted by Gasteiger charge is 2.45. The Morgan fingerprint density at radius 1 is 1.33 bits per heavy atom. The number of aliphatic hydroxyl groups is 1. The van der Waals surface area contributed by atoms with Gasteiger partial charge >= 0.3 is 0 Å². The lowest BCUT2D eigenvalue weighted by molar-refractivity contribution is 0.0224. The smallest absolute Gasteiger partial charge is 0.0688 e. The molecule has 0 amide bonds. The van der Waals surface area contributed by atoms with E-state index in [2.05, 4.69) is 22.3 Å². The van der Waals surface area contributed by atoms with E-state index in [0.29, 0.717) is 6.54 Å². The van der Waals surface area contributed by atoms with Crippen molar-refractivity contribution < 1.29 is 5.11 Å². The van der Waals surface area contributed by atoms with Gasteiger partial charge in [0.05, 0.1) is 18.0 Å². The third-order valence-corrected chi connectivity index (χ3v) is 3.92. The highest BCUT2D eigenvalue weighted by Crippen LogP contribution is 2.45. The lowest BCUT2D eigenvalue weighted by Crippen LogP contribution is -2.49. The van der Waals surface area contributed by atoms with Crippen LogP contribution >= 0.6 is 0 Å². The zero-order chi connectivity index (χ0) is 12.6. The second kappa shape index (κ2) is 4.23. The minimum absolute atomic E-state index is 0.114. The Balaban J connectivity index is 2.02. The van der Waals surface area contributed by atoms with Crippen LogP contribution in [0.4, 0.5) is 0 Å². The van der Waals surface area contributed by atoms with Gasteiger partial charge in [0.25, 0.3) is 0 Å². The van der Waals surface area contributed by atoms with E-state index in [9.17, 15) is 5.11 Å². The summed E-state index contributed by atoms with van der Waals surface area (Å²) in [4.78, 5) is 0. The molecule has 1 heterocycles. The van der Waals surface area contributed by atoms with Crippen LogP contribution < -0.4 is 5.73 Å². The van der Waals surface area contributed by atoms with E-state index >= 15 is 0 Å². The predicted octanol–water partition coefficient (Wildman–Crippen LogP) is 1.43. The monoisotopic (exact) mass is 243 g/mol. The molecule has 1 aromatic carbocycles. The molecule has 0 atom stereocenters. The third kappa shape index (κ3) is 1.65. The summed E-state index contributed by atoms with van der Waals surface area (Å²) in [7, 11) is 0. The molecule has 4 heteroatoms. The Morgan fingerprint density at radius 3 is 2.67 bits per heavy atom. The lowest BCUT2D eigenvalue weighted by Gasteiger charge is -2.44. The van der Waals surface area contributed by atoms with Crippen LogP contribution in [0.3, 0.4) is 0 Å². The topological polar surface area (TPSA) is 74.9 Å². The number of hydrogen-bond donors (Lipinski definition) is 3. The van der Waals surface area contributed by atoms with Crippen LogP contribution in [0.25, 0.3) is 11.3 Å². The molecule has 0 bridgehead atoms. The molecule has 4 N–H and O–H groups in total. The summed E-state index contributed by atoms with van der Waals surface area (Å²) in [6.07, 6.45) is 3.07. The average Bonchev–Trinajstić information content (AvgIpc) is 2.85. The molecule has 0 aliphatic heterocycles. The number of aromatic amines is 1. The highest BCUT2D eigenvalue weighted by molar-refractivity contribution is 5.64. The Bertz CT molecular complexity index is 529. The summed E-state index contributed by atoms with van der Waals surface area (Å²) >= 11 is 0. The van der Waals surface area contributed by atoms with Crippen molar-refractivity contribution in [3.05, 3.63) is 42.1 Å². The Hall–Kier alpha value is -1.65. The Labute approximate surface area is 106 Å². The normalized spacial score (nSPS) is 26.9. The van der Waals surface area contributed by atoms with E-state index < -0.39 is 0 Å². The number of nitrogens with zero attached hydrogens (tertiary/aromatic N) is 1. The zero-order valence-corrected chi connectivity index (χ0v) is 10.1. The summed E-state index contributed by atoms with van der Waals surface area (Å²) in [6.45, 7) is 0.545. The van der Waals surface area contributed by atoms with Gasteiger partial charge in [-0.05, 0) is 18.4 Å². The maximum atomic E-state index is 9.59. The van der Waals surface area contributed by atoms with Gasteiger partial charge < -0.3 is 10.8 Å². The minimum atomic E-state index is -0.230. The molecule has 0 unspecified atom stereocenters. The van der Waals surface area contributed by atoms with E-state index in [-0.39, 0.29) is 11.5 Å². The molecule has 1 fully saturated rings. The van der Waals surface area contributed by atoms with Crippen molar-refractivity contribution in [2.24, 2.45) is 5.73 Å². The standard InChI is InChI=1S/C14H17N3O/c15-9-14(6-11(18)7-14)12-8-16-17-13(12)10-4-2-1-3-5-10/h1-5,8,11,18H,6-7,9,15H2,(H,16,17). The Morgan fingerprint density at radius 2 is 2.06 bits per heavy atom. The zero-order valence-electron chi connectivity index (χ0n) is 10.1. The molecule has 1 aliphatic carbocycles. The molecule has 94 valence electrons. The van der Waals surface area contributed by atoms with Gasteiger partial charge in [-0.15, -0.1) is 0 Å². The molecule has 3 rings (SSSR count). The first-order valence-corrected chi connectivity index (χ1v) is 6.22. The fraction of sp³-hybridized carbons (Fsp3) is 0.357. The fourth-order valence-electron chi connectivity index (χ4n) is 2.85. The molecule has 1 saturated carbocycles. The molecular weight excluding hydrogens is 226 g/mol. The lowest BCUT2D eigenvalue weighted by atomic mass is 9.62. The molecule has 2 aromatic rings. The van der Waals surface area contributed by atoms with Gasteiger partial charge in [-0.25, -0.2) is 0 Å². The van der Waals surface area contributed by atoms with Crippen molar-refractivity contribution >= 4 is 0 Å². The van der Waals surface area contributed by atoms with Gasteiger partial charge in [0.1, 0.15) is 0 Å². The van der Waals surface area contributed by atoms with Crippen LogP contribution in [0.1, 0.15) is 18.4 Å². The molecule has 0 spiro atoms. The van der Waals surface area contributed by atoms with Crippen molar-refractivity contribution in [2.75, 3.05) is 6.54 Å². The summed E-state index contributed by atoms with van der Waals surface area (Å²) in [5.74, 6) is 0. The largest absolute Gasteiger partial charge is 0.393 e. The summed E-state index contributed by atoms with van der Waals surface area (Å²) in [5, 5.41) is 16.8. The van der Waals surface area contributed by atoms with E-state index in [1.54, 1.807) is 0 Å². The van der Waals surface area contributed by atoms with Gasteiger partial charge in [-0.2, -0.15) is 5.10 Å². The molecule has 1 aromatic heterocycles. The third-order valence-electron chi connectivity index (χ3n) is 3.92. The molecule has 4 nitrogen and oxygen atoms in total. The minimum Gasteiger partial charge on any atom is -0.393 e. The van der Waals surface area contributed by atoms with Gasteiger partial charge in [0, 0.05) is 17.5 Å². The van der Waals surface area contributed by atoms with Crippen molar-refractivity contribution in [2.45, 2.75) is 24.4 Å². The van der Waals surface area contributed by atoms with Gasteiger partial charge in [0.15, 0.2) is 0 Å². The van der Waals surface area contributed by atoms with Crippen LogP contribution in [0, 0.1) is 0 Å². The summed E-state index contributed by atoms with van der Waals surface area (Å²) < 4.78 is 0. The van der Waals surface area contributed by atoms with Crippen molar-refractivity contribution in [3.63, 3.8) is 0 Å². The molecular formula is C14H17N3O. The first-order valence-electron chi connectivity index (χ1n) is 6.22. The van der Waals surface area contributed by atoms with Crippen LogP contribution in [-0.2, 0) is 5.41 Å². The number of aliphatic hydroxyl groups excluding tert-OH is 1. The highest BCUT2D eigenvalue weighted by atomic mass is 16.3. The number of H-pyrrole nitrogens is 1. The molecule has 0 radical (unpaired) electrons. The van der Waals surface area contributed by atoms with E-state index in [1.807, 2.05) is 24.4 Å². The fourth-order valence-corrected chi connectivity index (χ4v) is 2.85. The average molecular weight is 243 g/mol.